The summed E-state index contributed by atoms with van der Waals surface area (Å²) >= 11 is 0. The molecule has 0 aliphatic carbocycles. The minimum Gasteiger partial charge on any atom is -0.497 e. The Labute approximate surface area is 95.1 Å². The summed E-state index contributed by atoms with van der Waals surface area (Å²) in [7, 11) is 1.66. The van der Waals surface area contributed by atoms with Crippen LogP contribution in [0.5, 0.6) is 5.75 Å². The van der Waals surface area contributed by atoms with E-state index in [-0.39, 0.29) is 12.0 Å². The second-order valence-corrected chi connectivity index (χ2v) is 4.68. The normalized spacial score (nSPS) is 12.0. The fourth-order valence-corrected chi connectivity index (χ4v) is 1.68. The molecular formula is C13H17NO2. The SMILES string of the molecule is COc1ccc2cc(C(C)(C)CO)[nH]c2c1. The van der Waals surface area contributed by atoms with Crippen molar-refractivity contribution in [2.24, 2.45) is 0 Å². The van der Waals surface area contributed by atoms with Crippen LogP contribution in [-0.4, -0.2) is 23.8 Å². The molecular weight excluding hydrogens is 202 g/mol. The number of hydrogen-bond acceptors (Lipinski definition) is 2. The molecule has 0 amide bonds. The summed E-state index contributed by atoms with van der Waals surface area (Å²) in [5, 5.41) is 10.5. The molecule has 2 N–H and O–H groups in total. The van der Waals surface area contributed by atoms with Crippen LogP contribution in [0.2, 0.25) is 0 Å². The van der Waals surface area contributed by atoms with Crippen LogP contribution in [0.15, 0.2) is 24.3 Å². The molecule has 3 nitrogen and oxygen atoms in total. The molecule has 2 aromatic rings. The number of H-pyrrole nitrogens is 1. The summed E-state index contributed by atoms with van der Waals surface area (Å²) < 4.78 is 5.17. The molecule has 0 unspecified atom stereocenters. The fraction of sp³-hybridized carbons (Fsp3) is 0.385. The lowest BCUT2D eigenvalue weighted by atomic mass is 9.91. The van der Waals surface area contributed by atoms with Gasteiger partial charge in [-0.3, -0.25) is 0 Å². The number of aliphatic hydroxyl groups excluding tert-OH is 1. The maximum Gasteiger partial charge on any atom is 0.120 e. The fourth-order valence-electron chi connectivity index (χ4n) is 1.68. The van der Waals surface area contributed by atoms with Crippen molar-refractivity contribution >= 4 is 10.9 Å². The van der Waals surface area contributed by atoms with Crippen LogP contribution in [0.25, 0.3) is 10.9 Å². The zero-order chi connectivity index (χ0) is 11.8. The molecule has 0 aliphatic heterocycles. The van der Waals surface area contributed by atoms with Crippen molar-refractivity contribution in [3.8, 4) is 5.75 Å². The van der Waals surface area contributed by atoms with Gasteiger partial charge in [-0.1, -0.05) is 13.8 Å². The highest BCUT2D eigenvalue weighted by atomic mass is 16.5. The maximum absolute atomic E-state index is 9.33. The van der Waals surface area contributed by atoms with Crippen molar-refractivity contribution in [3.05, 3.63) is 30.0 Å². The molecule has 0 atom stereocenters. The Morgan fingerprint density at radius 2 is 2.06 bits per heavy atom. The Morgan fingerprint density at radius 1 is 1.31 bits per heavy atom. The predicted molar refractivity (Wildman–Crippen MR) is 65.0 cm³/mol. The first-order chi connectivity index (χ1) is 7.56. The Bertz CT molecular complexity index is 500. The van der Waals surface area contributed by atoms with Gasteiger partial charge in [-0.2, -0.15) is 0 Å². The minimum absolute atomic E-state index is 0.122. The van der Waals surface area contributed by atoms with Gasteiger partial charge >= 0.3 is 0 Å². The number of ether oxygens (including phenoxy) is 1. The van der Waals surface area contributed by atoms with Gasteiger partial charge in [0.05, 0.1) is 13.7 Å². The third-order valence-electron chi connectivity index (χ3n) is 2.95. The highest BCUT2D eigenvalue weighted by Crippen LogP contribution is 2.27. The molecule has 86 valence electrons. The minimum atomic E-state index is -0.244. The summed E-state index contributed by atoms with van der Waals surface area (Å²) in [5.74, 6) is 0.836. The van der Waals surface area contributed by atoms with Gasteiger partial charge in [-0.05, 0) is 23.6 Å². The van der Waals surface area contributed by atoms with E-state index in [1.807, 2.05) is 32.0 Å². The van der Waals surface area contributed by atoms with E-state index in [0.29, 0.717) is 0 Å². The Balaban J connectivity index is 2.52. The Kier molecular flexibility index (Phi) is 2.64. The molecule has 0 bridgehead atoms. The van der Waals surface area contributed by atoms with Crippen molar-refractivity contribution < 1.29 is 9.84 Å². The first kappa shape index (κ1) is 11.0. The lowest BCUT2D eigenvalue weighted by Crippen LogP contribution is -2.22. The molecule has 0 spiro atoms. The van der Waals surface area contributed by atoms with Gasteiger partial charge in [0, 0.05) is 22.7 Å². The quantitative estimate of drug-likeness (QED) is 0.832. The number of aliphatic hydroxyl groups is 1. The van der Waals surface area contributed by atoms with Gasteiger partial charge in [0.15, 0.2) is 0 Å². The average Bonchev–Trinajstić information content (AvgIpc) is 2.72. The molecule has 0 saturated carbocycles. The van der Waals surface area contributed by atoms with Crippen molar-refractivity contribution in [1.82, 2.24) is 4.98 Å². The lowest BCUT2D eigenvalue weighted by Gasteiger charge is -2.19. The van der Waals surface area contributed by atoms with E-state index in [4.69, 9.17) is 4.74 Å². The topological polar surface area (TPSA) is 45.2 Å². The van der Waals surface area contributed by atoms with Crippen molar-refractivity contribution in [3.63, 3.8) is 0 Å². The lowest BCUT2D eigenvalue weighted by molar-refractivity contribution is 0.216. The summed E-state index contributed by atoms with van der Waals surface area (Å²) in [6.07, 6.45) is 0. The number of aromatic amines is 1. The van der Waals surface area contributed by atoms with Gasteiger partial charge in [0.25, 0.3) is 0 Å². The number of fused-ring (bicyclic) bond motifs is 1. The molecule has 0 aliphatic rings. The standard InChI is InChI=1S/C13H17NO2/c1-13(2,8-15)12-6-9-4-5-10(16-3)7-11(9)14-12/h4-7,14-15H,8H2,1-3H3. The monoisotopic (exact) mass is 219 g/mol. The largest absolute Gasteiger partial charge is 0.497 e. The molecule has 3 heteroatoms. The third-order valence-corrected chi connectivity index (χ3v) is 2.95. The summed E-state index contributed by atoms with van der Waals surface area (Å²) in [4.78, 5) is 3.32. The number of hydrogen-bond donors (Lipinski definition) is 2. The van der Waals surface area contributed by atoms with Crippen molar-refractivity contribution in [1.29, 1.82) is 0 Å². The van der Waals surface area contributed by atoms with E-state index in [1.54, 1.807) is 7.11 Å². The van der Waals surface area contributed by atoms with E-state index >= 15 is 0 Å². The van der Waals surface area contributed by atoms with Crippen LogP contribution in [0, 0.1) is 0 Å². The number of aromatic nitrogens is 1. The second-order valence-electron chi connectivity index (χ2n) is 4.68. The maximum atomic E-state index is 9.33. The highest BCUT2D eigenvalue weighted by molar-refractivity contribution is 5.82. The van der Waals surface area contributed by atoms with E-state index < -0.39 is 0 Å². The number of nitrogens with one attached hydrogen (secondary N) is 1. The zero-order valence-corrected chi connectivity index (χ0v) is 9.87. The van der Waals surface area contributed by atoms with E-state index in [2.05, 4.69) is 11.1 Å². The highest BCUT2D eigenvalue weighted by Gasteiger charge is 2.21. The van der Waals surface area contributed by atoms with Crippen LogP contribution < -0.4 is 4.74 Å². The summed E-state index contributed by atoms with van der Waals surface area (Å²) in [6, 6.07) is 7.99. The molecule has 16 heavy (non-hydrogen) atoms. The van der Waals surface area contributed by atoms with Crippen LogP contribution in [0.4, 0.5) is 0 Å². The van der Waals surface area contributed by atoms with Crippen LogP contribution in [0.3, 0.4) is 0 Å². The smallest absolute Gasteiger partial charge is 0.120 e. The van der Waals surface area contributed by atoms with Crippen molar-refractivity contribution in [2.75, 3.05) is 13.7 Å². The Hall–Kier alpha value is -1.48. The molecule has 0 saturated heterocycles. The van der Waals surface area contributed by atoms with Crippen molar-refractivity contribution in [2.45, 2.75) is 19.3 Å². The van der Waals surface area contributed by atoms with Gasteiger partial charge in [0.2, 0.25) is 0 Å². The van der Waals surface area contributed by atoms with Gasteiger partial charge in [-0.25, -0.2) is 0 Å². The van der Waals surface area contributed by atoms with Gasteiger partial charge in [0.1, 0.15) is 5.75 Å². The van der Waals surface area contributed by atoms with Crippen LogP contribution in [-0.2, 0) is 5.41 Å². The molecule has 0 fully saturated rings. The van der Waals surface area contributed by atoms with E-state index in [0.717, 1.165) is 22.3 Å². The average molecular weight is 219 g/mol. The summed E-state index contributed by atoms with van der Waals surface area (Å²) in [6.45, 7) is 4.14. The van der Waals surface area contributed by atoms with Gasteiger partial charge < -0.3 is 14.8 Å². The third kappa shape index (κ3) is 1.78. The number of benzene rings is 1. The molecule has 1 aromatic heterocycles. The molecule has 1 aromatic carbocycles. The van der Waals surface area contributed by atoms with Gasteiger partial charge in [-0.15, -0.1) is 0 Å². The number of rotatable bonds is 3. The predicted octanol–water partition coefficient (Wildman–Crippen LogP) is 2.45. The first-order valence-corrected chi connectivity index (χ1v) is 5.35. The summed E-state index contributed by atoms with van der Waals surface area (Å²) in [5.41, 5.74) is 1.83. The first-order valence-electron chi connectivity index (χ1n) is 5.35. The van der Waals surface area contributed by atoms with E-state index in [9.17, 15) is 5.11 Å². The Morgan fingerprint density at radius 3 is 2.69 bits per heavy atom. The second kappa shape index (κ2) is 3.83. The van der Waals surface area contributed by atoms with Crippen LogP contribution >= 0.6 is 0 Å². The number of methoxy groups -OCH3 is 1. The van der Waals surface area contributed by atoms with Crippen LogP contribution in [0.1, 0.15) is 19.5 Å². The zero-order valence-electron chi connectivity index (χ0n) is 9.87. The molecule has 2 rings (SSSR count). The molecule has 1 heterocycles. The molecule has 0 radical (unpaired) electrons. The van der Waals surface area contributed by atoms with E-state index in [1.165, 1.54) is 0 Å².